The number of benzene rings is 1. The number of nitrogens with zero attached hydrogens (tertiary/aromatic N) is 3. The van der Waals surface area contributed by atoms with Crippen LogP contribution in [0.4, 0.5) is 0 Å². The van der Waals surface area contributed by atoms with E-state index in [9.17, 15) is 9.59 Å². The molecule has 3 heterocycles. The van der Waals surface area contributed by atoms with Crippen LogP contribution in [0, 0.1) is 6.92 Å². The van der Waals surface area contributed by atoms with Gasteiger partial charge in [0.15, 0.2) is 5.65 Å². The van der Waals surface area contributed by atoms with Crippen LogP contribution >= 0.6 is 11.6 Å². The first-order valence-electron chi connectivity index (χ1n) is 7.57. The molecular weight excluding hydrogens is 328 g/mol. The van der Waals surface area contributed by atoms with Crippen molar-refractivity contribution in [2.75, 3.05) is 0 Å². The van der Waals surface area contributed by atoms with Gasteiger partial charge in [-0.15, -0.1) is 0 Å². The van der Waals surface area contributed by atoms with Gasteiger partial charge >= 0.3 is 0 Å². The number of H-pyrrole nitrogens is 1. The first-order chi connectivity index (χ1) is 11.4. The van der Waals surface area contributed by atoms with Crippen molar-refractivity contribution in [1.82, 2.24) is 19.7 Å². The molecule has 0 aliphatic carbocycles. The standard InChI is InChI=1S/C17H15ClN4O2/c1-9-5-13(14-15(19-9)21(2)20-16(14)23)17(24)22-7-10-3-4-12(18)6-11(10)8-22/h3-6H,7-8H2,1-2H3,(H,20,23). The third-order valence-corrected chi connectivity index (χ3v) is 4.59. The SMILES string of the molecule is Cc1cc(C(=O)N2Cc3ccc(Cl)cc3C2)c2c(=O)[nH]n(C)c2n1. The molecule has 6 nitrogen and oxygen atoms in total. The van der Waals surface area contributed by atoms with Crippen molar-refractivity contribution < 1.29 is 4.79 Å². The van der Waals surface area contributed by atoms with Crippen LogP contribution in [-0.2, 0) is 20.1 Å². The maximum atomic E-state index is 13.0. The second kappa shape index (κ2) is 5.21. The summed E-state index contributed by atoms with van der Waals surface area (Å²) in [5.74, 6) is -0.172. The van der Waals surface area contributed by atoms with Crippen LogP contribution in [0.5, 0.6) is 0 Å². The number of hydrogen-bond acceptors (Lipinski definition) is 3. The van der Waals surface area contributed by atoms with E-state index in [-0.39, 0.29) is 11.5 Å². The normalized spacial score (nSPS) is 13.5. The van der Waals surface area contributed by atoms with Gasteiger partial charge in [0.25, 0.3) is 11.5 Å². The molecule has 0 radical (unpaired) electrons. The molecule has 0 fully saturated rings. The Morgan fingerprint density at radius 2 is 2.00 bits per heavy atom. The second-order valence-corrected chi connectivity index (χ2v) is 6.52. The molecule has 1 aromatic carbocycles. The van der Waals surface area contributed by atoms with Crippen molar-refractivity contribution in [3.8, 4) is 0 Å². The Bertz CT molecular complexity index is 1050. The van der Waals surface area contributed by atoms with E-state index >= 15 is 0 Å². The Kier molecular flexibility index (Phi) is 3.25. The average Bonchev–Trinajstić information content (AvgIpc) is 3.07. The first kappa shape index (κ1) is 15.0. The highest BCUT2D eigenvalue weighted by Gasteiger charge is 2.27. The van der Waals surface area contributed by atoms with E-state index in [2.05, 4.69) is 10.1 Å². The second-order valence-electron chi connectivity index (χ2n) is 6.08. The Hall–Kier alpha value is -2.60. The number of carbonyl (C=O) groups excluding carboxylic acids is 1. The molecule has 7 heteroatoms. The summed E-state index contributed by atoms with van der Waals surface area (Å²) in [6, 6.07) is 7.32. The molecule has 24 heavy (non-hydrogen) atoms. The van der Waals surface area contributed by atoms with E-state index in [0.717, 1.165) is 11.1 Å². The number of aryl methyl sites for hydroxylation is 2. The number of nitrogens with one attached hydrogen (secondary N) is 1. The molecule has 0 spiro atoms. The third-order valence-electron chi connectivity index (χ3n) is 4.35. The molecule has 3 aromatic rings. The predicted octanol–water partition coefficient (Wildman–Crippen LogP) is 2.38. The number of aromatic amines is 1. The zero-order chi connectivity index (χ0) is 17.0. The lowest BCUT2D eigenvalue weighted by Gasteiger charge is -2.16. The fourth-order valence-electron chi connectivity index (χ4n) is 3.23. The van der Waals surface area contributed by atoms with Crippen LogP contribution in [0.25, 0.3) is 11.0 Å². The molecule has 122 valence electrons. The summed E-state index contributed by atoms with van der Waals surface area (Å²) in [4.78, 5) is 31.3. The minimum absolute atomic E-state index is 0.172. The fraction of sp³-hybridized carbons (Fsp3) is 0.235. The van der Waals surface area contributed by atoms with E-state index in [1.54, 1.807) is 22.7 Å². The monoisotopic (exact) mass is 342 g/mol. The maximum Gasteiger partial charge on any atom is 0.274 e. The highest BCUT2D eigenvalue weighted by atomic mass is 35.5. The number of rotatable bonds is 1. The van der Waals surface area contributed by atoms with Gasteiger partial charge in [0.05, 0.1) is 10.9 Å². The quantitative estimate of drug-likeness (QED) is 0.738. The number of carbonyl (C=O) groups is 1. The van der Waals surface area contributed by atoms with Crippen LogP contribution in [0.2, 0.25) is 5.02 Å². The number of fused-ring (bicyclic) bond motifs is 2. The van der Waals surface area contributed by atoms with Crippen LogP contribution in [0.1, 0.15) is 27.2 Å². The van der Waals surface area contributed by atoms with Crippen LogP contribution in [0.15, 0.2) is 29.1 Å². The summed E-state index contributed by atoms with van der Waals surface area (Å²) < 4.78 is 1.54. The first-order valence-corrected chi connectivity index (χ1v) is 7.95. The highest BCUT2D eigenvalue weighted by Crippen LogP contribution is 2.28. The number of hydrogen-bond donors (Lipinski definition) is 1. The Labute approximate surface area is 142 Å². The third kappa shape index (κ3) is 2.22. The van der Waals surface area contributed by atoms with Gasteiger partial charge in [0.1, 0.15) is 0 Å². The van der Waals surface area contributed by atoms with Crippen molar-refractivity contribution in [2.24, 2.45) is 7.05 Å². The molecule has 1 aliphatic heterocycles. The lowest BCUT2D eigenvalue weighted by Crippen LogP contribution is -2.26. The minimum atomic E-state index is -0.303. The number of amides is 1. The Morgan fingerprint density at radius 1 is 1.25 bits per heavy atom. The molecule has 2 aromatic heterocycles. The Morgan fingerprint density at radius 3 is 2.79 bits per heavy atom. The van der Waals surface area contributed by atoms with Gasteiger partial charge in [-0.2, -0.15) is 0 Å². The van der Waals surface area contributed by atoms with E-state index in [4.69, 9.17) is 11.6 Å². The molecule has 4 rings (SSSR count). The molecule has 1 N–H and O–H groups in total. The highest BCUT2D eigenvalue weighted by molar-refractivity contribution is 6.30. The smallest absolute Gasteiger partial charge is 0.274 e. The summed E-state index contributed by atoms with van der Waals surface area (Å²) >= 11 is 6.03. The largest absolute Gasteiger partial charge is 0.330 e. The fourth-order valence-corrected chi connectivity index (χ4v) is 3.42. The molecule has 0 saturated carbocycles. The van der Waals surface area contributed by atoms with Crippen LogP contribution in [-0.4, -0.2) is 25.6 Å². The molecule has 0 bridgehead atoms. The summed E-state index contributed by atoms with van der Waals surface area (Å²) in [6.07, 6.45) is 0. The van der Waals surface area contributed by atoms with Crippen molar-refractivity contribution in [3.05, 3.63) is 62.0 Å². The summed E-state index contributed by atoms with van der Waals surface area (Å²) in [7, 11) is 1.71. The minimum Gasteiger partial charge on any atom is -0.330 e. The molecule has 0 atom stereocenters. The van der Waals surface area contributed by atoms with Crippen LogP contribution in [0.3, 0.4) is 0 Å². The van der Waals surface area contributed by atoms with E-state index in [0.29, 0.717) is 40.4 Å². The molecule has 0 unspecified atom stereocenters. The van der Waals surface area contributed by atoms with E-state index in [1.807, 2.05) is 25.1 Å². The molecule has 0 saturated heterocycles. The van der Waals surface area contributed by atoms with E-state index < -0.39 is 0 Å². The maximum absolute atomic E-state index is 13.0. The number of pyridine rings is 1. The zero-order valence-corrected chi connectivity index (χ0v) is 14.0. The number of aromatic nitrogens is 3. The van der Waals surface area contributed by atoms with Gasteiger partial charge in [-0.3, -0.25) is 19.4 Å². The van der Waals surface area contributed by atoms with Gasteiger partial charge in [-0.1, -0.05) is 17.7 Å². The van der Waals surface area contributed by atoms with Gasteiger partial charge in [0, 0.05) is 30.9 Å². The van der Waals surface area contributed by atoms with Gasteiger partial charge < -0.3 is 4.90 Å². The van der Waals surface area contributed by atoms with Crippen molar-refractivity contribution in [2.45, 2.75) is 20.0 Å². The number of halogens is 1. The lowest BCUT2D eigenvalue weighted by atomic mass is 10.1. The van der Waals surface area contributed by atoms with Gasteiger partial charge in [0.2, 0.25) is 0 Å². The summed E-state index contributed by atoms with van der Waals surface area (Å²) in [6.45, 7) is 2.81. The Balaban J connectivity index is 1.79. The van der Waals surface area contributed by atoms with Crippen LogP contribution < -0.4 is 5.56 Å². The molecule has 1 amide bonds. The molecular formula is C17H15ClN4O2. The average molecular weight is 343 g/mol. The van der Waals surface area contributed by atoms with Crippen molar-refractivity contribution in [3.63, 3.8) is 0 Å². The van der Waals surface area contributed by atoms with Crippen molar-refractivity contribution >= 4 is 28.5 Å². The topological polar surface area (TPSA) is 71.0 Å². The zero-order valence-electron chi connectivity index (χ0n) is 13.3. The van der Waals surface area contributed by atoms with E-state index in [1.165, 1.54) is 0 Å². The summed E-state index contributed by atoms with van der Waals surface area (Å²) in [5.41, 5.74) is 3.39. The van der Waals surface area contributed by atoms with Gasteiger partial charge in [-0.05, 0) is 36.2 Å². The van der Waals surface area contributed by atoms with Crippen molar-refractivity contribution in [1.29, 1.82) is 0 Å². The summed E-state index contributed by atoms with van der Waals surface area (Å²) in [5, 5.41) is 3.66. The van der Waals surface area contributed by atoms with Gasteiger partial charge in [-0.25, -0.2) is 4.98 Å². The molecule has 1 aliphatic rings. The lowest BCUT2D eigenvalue weighted by molar-refractivity contribution is 0.0753. The predicted molar refractivity (Wildman–Crippen MR) is 91.1 cm³/mol.